The molecule has 2 amide bonds. The second kappa shape index (κ2) is 8.55. The van der Waals surface area contributed by atoms with E-state index in [0.29, 0.717) is 19.6 Å². The highest BCUT2D eigenvalue weighted by atomic mass is 32.2. The van der Waals surface area contributed by atoms with Crippen molar-refractivity contribution in [1.82, 2.24) is 14.8 Å². The molecule has 0 radical (unpaired) electrons. The second-order valence-corrected chi connectivity index (χ2v) is 12.0. The number of piperidine rings is 1. The van der Waals surface area contributed by atoms with Crippen LogP contribution in [0.25, 0.3) is 0 Å². The first kappa shape index (κ1) is 21.5. The molecule has 2 bridgehead atoms. The number of likely N-dealkylation sites (tertiary alicyclic amines) is 1. The minimum absolute atomic E-state index is 0.00252. The Labute approximate surface area is 191 Å². The number of urea groups is 1. The fourth-order valence-electron chi connectivity index (χ4n) is 5.31. The van der Waals surface area contributed by atoms with Crippen LogP contribution in [0.2, 0.25) is 0 Å². The Bertz CT molecular complexity index is 1150. The maximum absolute atomic E-state index is 13.1. The molecule has 2 fully saturated rings. The molecule has 0 aromatic carbocycles. The maximum Gasteiger partial charge on any atom is 0.317 e. The number of amides is 2. The van der Waals surface area contributed by atoms with Crippen LogP contribution >= 0.6 is 11.3 Å². The Morgan fingerprint density at radius 2 is 1.88 bits per heavy atom. The zero-order valence-electron chi connectivity index (χ0n) is 17.8. The number of aromatic nitrogens is 1. The fraction of sp³-hybridized carbons (Fsp3) is 0.545. The predicted molar refractivity (Wildman–Crippen MR) is 124 cm³/mol. The highest BCUT2D eigenvalue weighted by Gasteiger charge is 2.37. The van der Waals surface area contributed by atoms with Crippen molar-refractivity contribution in [2.45, 2.75) is 61.2 Å². The molecular formula is C22H28N4O4S2. The van der Waals surface area contributed by atoms with Crippen LogP contribution in [0.5, 0.6) is 0 Å². The average molecular weight is 477 g/mol. The van der Waals surface area contributed by atoms with E-state index >= 15 is 0 Å². The summed E-state index contributed by atoms with van der Waals surface area (Å²) in [6.07, 6.45) is 6.63. The molecule has 2 aromatic rings. The van der Waals surface area contributed by atoms with Gasteiger partial charge in [-0.3, -0.25) is 9.52 Å². The lowest BCUT2D eigenvalue weighted by molar-refractivity contribution is 0.127. The number of thiophene rings is 1. The van der Waals surface area contributed by atoms with Crippen LogP contribution in [-0.4, -0.2) is 43.0 Å². The van der Waals surface area contributed by atoms with Gasteiger partial charge in [-0.15, -0.1) is 11.3 Å². The van der Waals surface area contributed by atoms with Gasteiger partial charge < -0.3 is 14.8 Å². The van der Waals surface area contributed by atoms with E-state index in [-0.39, 0.29) is 39.4 Å². The molecule has 2 atom stereocenters. The molecule has 1 saturated carbocycles. The minimum atomic E-state index is -3.78. The molecule has 2 N–H and O–H groups in total. The summed E-state index contributed by atoms with van der Waals surface area (Å²) in [4.78, 5) is 27.9. The molecule has 32 heavy (non-hydrogen) atoms. The lowest BCUT2D eigenvalue weighted by Crippen LogP contribution is -2.53. The number of anilines is 1. The minimum Gasteiger partial charge on any atom is -0.335 e. The second-order valence-electron chi connectivity index (χ2n) is 9.11. The van der Waals surface area contributed by atoms with E-state index in [1.54, 1.807) is 22.1 Å². The summed E-state index contributed by atoms with van der Waals surface area (Å²) in [5, 5.41) is 4.89. The topological polar surface area (TPSA) is 101 Å². The average Bonchev–Trinajstić information content (AvgIpc) is 3.33. The summed E-state index contributed by atoms with van der Waals surface area (Å²) in [6, 6.07) is 6.84. The zero-order chi connectivity index (χ0) is 22.3. The molecule has 2 aromatic heterocycles. The van der Waals surface area contributed by atoms with Gasteiger partial charge in [0.2, 0.25) is 0 Å². The van der Waals surface area contributed by atoms with Crippen molar-refractivity contribution in [3.63, 3.8) is 0 Å². The van der Waals surface area contributed by atoms with Crippen molar-refractivity contribution in [1.29, 1.82) is 0 Å². The lowest BCUT2D eigenvalue weighted by Gasteiger charge is -2.43. The van der Waals surface area contributed by atoms with Crippen molar-refractivity contribution in [2.75, 3.05) is 17.8 Å². The number of carbonyl (C=O) groups excluding carboxylic acids is 1. The summed E-state index contributed by atoms with van der Waals surface area (Å²) in [5.41, 5.74) is 0.618. The van der Waals surface area contributed by atoms with Gasteiger partial charge in [0.15, 0.2) is 0 Å². The number of pyridine rings is 1. The van der Waals surface area contributed by atoms with Crippen molar-refractivity contribution in [3.8, 4) is 0 Å². The van der Waals surface area contributed by atoms with Crippen molar-refractivity contribution in [3.05, 3.63) is 45.7 Å². The Kier molecular flexibility index (Phi) is 5.75. The maximum atomic E-state index is 13.1. The molecular weight excluding hydrogens is 448 g/mol. The van der Waals surface area contributed by atoms with Gasteiger partial charge in [0.05, 0.1) is 0 Å². The van der Waals surface area contributed by atoms with Crippen LogP contribution in [0.4, 0.5) is 10.5 Å². The van der Waals surface area contributed by atoms with Crippen molar-refractivity contribution in [2.24, 2.45) is 5.92 Å². The standard InChI is InChI=1S/C22H28N4O4S2/c27-21-18(24-32(29,30)20-7-4-10-31-20)8-9-19-16-11-15(13-26(19)21)12-25(14-16)22(28)23-17-5-2-1-3-6-17/h4,7-10,15-17,24H,1-3,5-6,11-14H2,(H,23,28). The highest BCUT2D eigenvalue weighted by molar-refractivity contribution is 7.94. The van der Waals surface area contributed by atoms with Crippen LogP contribution in [0.15, 0.2) is 38.6 Å². The Morgan fingerprint density at radius 3 is 2.62 bits per heavy atom. The number of nitrogens with one attached hydrogen (secondary N) is 2. The van der Waals surface area contributed by atoms with Crippen LogP contribution in [-0.2, 0) is 16.6 Å². The predicted octanol–water partition coefficient (Wildman–Crippen LogP) is 3.17. The number of carbonyl (C=O) groups is 1. The van der Waals surface area contributed by atoms with Gasteiger partial charge in [-0.2, -0.15) is 0 Å². The summed E-state index contributed by atoms with van der Waals surface area (Å²) in [7, 11) is -3.78. The van der Waals surface area contributed by atoms with E-state index in [1.165, 1.54) is 25.3 Å². The van der Waals surface area contributed by atoms with Crippen LogP contribution in [0.1, 0.15) is 50.1 Å². The number of sulfonamides is 1. The summed E-state index contributed by atoms with van der Waals surface area (Å²) in [5.74, 6) is 0.260. The fourth-order valence-corrected chi connectivity index (χ4v) is 7.36. The van der Waals surface area contributed by atoms with Gasteiger partial charge in [-0.05, 0) is 48.8 Å². The van der Waals surface area contributed by atoms with E-state index in [9.17, 15) is 18.0 Å². The third-order valence-corrected chi connectivity index (χ3v) is 9.59. The van der Waals surface area contributed by atoms with E-state index in [2.05, 4.69) is 10.0 Å². The number of nitrogens with zero attached hydrogens (tertiary/aromatic N) is 2. The smallest absolute Gasteiger partial charge is 0.317 e. The third kappa shape index (κ3) is 4.17. The molecule has 1 saturated heterocycles. The molecule has 8 nitrogen and oxygen atoms in total. The normalized spacial score (nSPS) is 23.4. The molecule has 172 valence electrons. The van der Waals surface area contributed by atoms with Gasteiger partial charge in [0, 0.05) is 37.3 Å². The van der Waals surface area contributed by atoms with E-state index in [1.807, 2.05) is 11.0 Å². The van der Waals surface area contributed by atoms with Crippen molar-refractivity contribution < 1.29 is 13.2 Å². The SMILES string of the molecule is O=C(NC1CCCCC1)N1CC2CC(C1)c1ccc(NS(=O)(=O)c3cccs3)c(=O)n1C2. The molecule has 3 aliphatic rings. The first-order chi connectivity index (χ1) is 15.4. The van der Waals surface area contributed by atoms with Crippen LogP contribution in [0, 0.1) is 5.92 Å². The van der Waals surface area contributed by atoms with Gasteiger partial charge >= 0.3 is 6.03 Å². The van der Waals surface area contributed by atoms with Crippen LogP contribution < -0.4 is 15.6 Å². The Morgan fingerprint density at radius 1 is 1.06 bits per heavy atom. The number of fused-ring (bicyclic) bond motifs is 4. The number of hydrogen-bond acceptors (Lipinski definition) is 5. The number of hydrogen-bond donors (Lipinski definition) is 2. The van der Waals surface area contributed by atoms with Crippen molar-refractivity contribution >= 4 is 33.1 Å². The van der Waals surface area contributed by atoms with E-state index in [4.69, 9.17) is 0 Å². The molecule has 1 aliphatic carbocycles. The third-order valence-electron chi connectivity index (χ3n) is 6.83. The summed E-state index contributed by atoms with van der Waals surface area (Å²) in [6.45, 7) is 1.69. The Hall–Kier alpha value is -2.33. The Balaban J connectivity index is 1.33. The zero-order valence-corrected chi connectivity index (χ0v) is 19.5. The van der Waals surface area contributed by atoms with Gasteiger partial charge in [-0.25, -0.2) is 13.2 Å². The van der Waals surface area contributed by atoms with Gasteiger partial charge in [0.1, 0.15) is 9.90 Å². The molecule has 2 aliphatic heterocycles. The molecule has 10 heteroatoms. The molecule has 5 rings (SSSR count). The van der Waals surface area contributed by atoms with Gasteiger partial charge in [0.25, 0.3) is 15.6 Å². The van der Waals surface area contributed by atoms with E-state index < -0.39 is 10.0 Å². The molecule has 0 spiro atoms. The summed E-state index contributed by atoms with van der Waals surface area (Å²) >= 11 is 1.11. The van der Waals surface area contributed by atoms with Gasteiger partial charge in [-0.1, -0.05) is 25.3 Å². The number of rotatable bonds is 4. The first-order valence-corrected chi connectivity index (χ1v) is 13.6. The van der Waals surface area contributed by atoms with E-state index in [0.717, 1.165) is 36.3 Å². The molecule has 2 unspecified atom stereocenters. The van der Waals surface area contributed by atoms with Crippen LogP contribution in [0.3, 0.4) is 0 Å². The monoisotopic (exact) mass is 476 g/mol. The highest BCUT2D eigenvalue weighted by Crippen LogP contribution is 2.35. The lowest BCUT2D eigenvalue weighted by atomic mass is 9.83. The quantitative estimate of drug-likeness (QED) is 0.708. The first-order valence-electron chi connectivity index (χ1n) is 11.3. The molecule has 4 heterocycles. The largest absolute Gasteiger partial charge is 0.335 e. The summed E-state index contributed by atoms with van der Waals surface area (Å²) < 4.78 is 29.4.